The van der Waals surface area contributed by atoms with Crippen molar-refractivity contribution in [3.63, 3.8) is 0 Å². The van der Waals surface area contributed by atoms with Crippen molar-refractivity contribution in [2.75, 3.05) is 13.2 Å². The monoisotopic (exact) mass is 290 g/mol. The van der Waals surface area contributed by atoms with Crippen molar-refractivity contribution in [1.82, 2.24) is 9.13 Å². The van der Waals surface area contributed by atoms with E-state index in [1.165, 1.54) is 0 Å². The minimum Gasteiger partial charge on any atom is -0.462 e. The molecule has 3 rings (SSSR count). The molecule has 1 aromatic heterocycles. The summed E-state index contributed by atoms with van der Waals surface area (Å²) in [5, 5.41) is 0. The number of carbonyl (C=O) groups excluding carboxylic acids is 1. The fraction of sp³-hybridized carbons (Fsp3) is 0.467. The molecule has 0 spiro atoms. The lowest BCUT2D eigenvalue weighted by molar-refractivity contribution is 0.0526. The van der Waals surface area contributed by atoms with Crippen LogP contribution in [0.5, 0.6) is 0 Å². The van der Waals surface area contributed by atoms with Crippen molar-refractivity contribution in [2.45, 2.75) is 26.0 Å². The van der Waals surface area contributed by atoms with Gasteiger partial charge in [-0.3, -0.25) is 9.13 Å². The van der Waals surface area contributed by atoms with Gasteiger partial charge in [-0.2, -0.15) is 0 Å². The molecule has 1 unspecified atom stereocenters. The number of imidazole rings is 1. The summed E-state index contributed by atoms with van der Waals surface area (Å²) in [6.07, 6.45) is 0. The number of carbonyl (C=O) groups is 1. The maximum atomic E-state index is 12.4. The van der Waals surface area contributed by atoms with Crippen LogP contribution in [0.4, 0.5) is 0 Å². The Kier molecular flexibility index (Phi) is 3.13. The molecular weight excluding hydrogens is 272 g/mol. The number of hydrogen-bond acceptors (Lipinski definition) is 4. The Labute approximate surface area is 121 Å². The van der Waals surface area contributed by atoms with Gasteiger partial charge >= 0.3 is 11.7 Å². The summed E-state index contributed by atoms with van der Waals surface area (Å²) in [5.41, 5.74) is 1.58. The summed E-state index contributed by atoms with van der Waals surface area (Å²) in [4.78, 5) is 24.2. The molecule has 0 aliphatic carbocycles. The minimum atomic E-state index is -0.379. The third-order valence-corrected chi connectivity index (χ3v) is 3.79. The molecule has 2 aromatic rings. The quantitative estimate of drug-likeness (QED) is 0.629. The molecule has 6 heteroatoms. The number of benzene rings is 1. The first kappa shape index (κ1) is 13.9. The van der Waals surface area contributed by atoms with Gasteiger partial charge in [-0.1, -0.05) is 0 Å². The van der Waals surface area contributed by atoms with Gasteiger partial charge in [0.15, 0.2) is 0 Å². The molecule has 0 radical (unpaired) electrons. The van der Waals surface area contributed by atoms with Gasteiger partial charge in [0.2, 0.25) is 0 Å². The topological polar surface area (TPSA) is 65.8 Å². The molecular formula is C15H18N2O4. The Balaban J connectivity index is 2.12. The first-order valence-electron chi connectivity index (χ1n) is 6.95. The third-order valence-electron chi connectivity index (χ3n) is 3.79. The van der Waals surface area contributed by atoms with E-state index < -0.39 is 0 Å². The van der Waals surface area contributed by atoms with Gasteiger partial charge in [0.25, 0.3) is 0 Å². The average molecular weight is 290 g/mol. The van der Waals surface area contributed by atoms with Crippen LogP contribution in [0.15, 0.2) is 23.0 Å². The first-order chi connectivity index (χ1) is 9.95. The maximum Gasteiger partial charge on any atom is 0.338 e. The van der Waals surface area contributed by atoms with E-state index in [1.54, 1.807) is 41.3 Å². The zero-order valence-electron chi connectivity index (χ0n) is 12.4. The van der Waals surface area contributed by atoms with Crippen LogP contribution in [0.1, 0.15) is 24.2 Å². The third kappa shape index (κ3) is 2.35. The van der Waals surface area contributed by atoms with Gasteiger partial charge in [-0.25, -0.2) is 9.59 Å². The standard InChI is InChI=1S/C15H18N2O4/c1-4-20-13(18)10-5-6-11-12(7-10)17(14(19)16(11)3)8-15(2)9-21-15/h5-7H,4,8-9H2,1-3H3. The number of esters is 1. The maximum absolute atomic E-state index is 12.4. The molecule has 6 nitrogen and oxygen atoms in total. The summed E-state index contributed by atoms with van der Waals surface area (Å²) >= 11 is 0. The zero-order valence-corrected chi connectivity index (χ0v) is 12.4. The SMILES string of the molecule is CCOC(=O)c1ccc2c(c1)n(CC1(C)CO1)c(=O)n2C. The predicted octanol–water partition coefficient (Wildman–Crippen LogP) is 1.31. The van der Waals surface area contributed by atoms with Crippen molar-refractivity contribution in [3.05, 3.63) is 34.2 Å². The van der Waals surface area contributed by atoms with Gasteiger partial charge in [0, 0.05) is 7.05 Å². The molecule has 0 amide bonds. The van der Waals surface area contributed by atoms with Crippen molar-refractivity contribution < 1.29 is 14.3 Å². The lowest BCUT2D eigenvalue weighted by atomic mass is 10.1. The summed E-state index contributed by atoms with van der Waals surface area (Å²) in [5.74, 6) is -0.379. The normalized spacial score (nSPS) is 20.7. The Hall–Kier alpha value is -2.08. The summed E-state index contributed by atoms with van der Waals surface area (Å²) in [7, 11) is 1.72. The van der Waals surface area contributed by atoms with E-state index in [0.29, 0.717) is 25.3 Å². The number of aryl methyl sites for hydroxylation is 1. The van der Waals surface area contributed by atoms with E-state index in [0.717, 1.165) is 11.0 Å². The number of fused-ring (bicyclic) bond motifs is 1. The van der Waals surface area contributed by atoms with Gasteiger partial charge in [-0.05, 0) is 32.0 Å². The Bertz CT molecular complexity index is 768. The fourth-order valence-electron chi connectivity index (χ4n) is 2.45. The second-order valence-electron chi connectivity index (χ2n) is 5.59. The smallest absolute Gasteiger partial charge is 0.338 e. The number of nitrogens with zero attached hydrogens (tertiary/aromatic N) is 2. The molecule has 1 aliphatic rings. The molecule has 1 saturated heterocycles. The minimum absolute atomic E-state index is 0.109. The molecule has 0 N–H and O–H groups in total. The van der Waals surface area contributed by atoms with E-state index >= 15 is 0 Å². The molecule has 1 aliphatic heterocycles. The highest BCUT2D eigenvalue weighted by Crippen LogP contribution is 2.29. The van der Waals surface area contributed by atoms with Crippen LogP contribution in [0, 0.1) is 0 Å². The van der Waals surface area contributed by atoms with Gasteiger partial charge in [0.1, 0.15) is 5.60 Å². The van der Waals surface area contributed by atoms with Crippen molar-refractivity contribution in [1.29, 1.82) is 0 Å². The first-order valence-corrected chi connectivity index (χ1v) is 6.95. The second kappa shape index (κ2) is 4.73. The van der Waals surface area contributed by atoms with Crippen LogP contribution in [0.2, 0.25) is 0 Å². The average Bonchev–Trinajstić information content (AvgIpc) is 3.15. The largest absolute Gasteiger partial charge is 0.462 e. The van der Waals surface area contributed by atoms with Crippen LogP contribution < -0.4 is 5.69 Å². The fourth-order valence-corrected chi connectivity index (χ4v) is 2.45. The van der Waals surface area contributed by atoms with Crippen molar-refractivity contribution in [3.8, 4) is 0 Å². The van der Waals surface area contributed by atoms with Crippen molar-refractivity contribution >= 4 is 17.0 Å². The number of epoxide rings is 1. The lowest BCUT2D eigenvalue weighted by Gasteiger charge is -2.07. The van der Waals surface area contributed by atoms with E-state index in [2.05, 4.69) is 0 Å². The van der Waals surface area contributed by atoms with Gasteiger partial charge in [-0.15, -0.1) is 0 Å². The molecule has 0 bridgehead atoms. The predicted molar refractivity (Wildman–Crippen MR) is 77.5 cm³/mol. The van der Waals surface area contributed by atoms with Gasteiger partial charge < -0.3 is 9.47 Å². The Morgan fingerprint density at radius 1 is 1.43 bits per heavy atom. The van der Waals surface area contributed by atoms with Crippen molar-refractivity contribution in [2.24, 2.45) is 7.05 Å². The molecule has 1 fully saturated rings. The van der Waals surface area contributed by atoms with Crippen LogP contribution >= 0.6 is 0 Å². The zero-order chi connectivity index (χ0) is 15.2. The highest BCUT2D eigenvalue weighted by Gasteiger charge is 2.40. The highest BCUT2D eigenvalue weighted by molar-refractivity contribution is 5.93. The van der Waals surface area contributed by atoms with Crippen LogP contribution in [0.25, 0.3) is 11.0 Å². The molecule has 2 heterocycles. The lowest BCUT2D eigenvalue weighted by Crippen LogP contribution is -2.27. The number of hydrogen-bond donors (Lipinski definition) is 0. The number of aromatic nitrogens is 2. The summed E-state index contributed by atoms with van der Waals surface area (Å²) in [6, 6.07) is 5.16. The Morgan fingerprint density at radius 2 is 2.14 bits per heavy atom. The van der Waals surface area contributed by atoms with Crippen LogP contribution in [-0.4, -0.2) is 33.9 Å². The molecule has 112 valence electrons. The molecule has 1 aromatic carbocycles. The van der Waals surface area contributed by atoms with Crippen LogP contribution in [-0.2, 0) is 23.1 Å². The molecule has 1 atom stereocenters. The molecule has 21 heavy (non-hydrogen) atoms. The number of ether oxygens (including phenoxy) is 2. The Morgan fingerprint density at radius 3 is 2.76 bits per heavy atom. The highest BCUT2D eigenvalue weighted by atomic mass is 16.6. The second-order valence-corrected chi connectivity index (χ2v) is 5.59. The van der Waals surface area contributed by atoms with E-state index in [4.69, 9.17) is 9.47 Å². The number of rotatable bonds is 4. The summed E-state index contributed by atoms with van der Waals surface area (Å²) < 4.78 is 13.6. The summed E-state index contributed by atoms with van der Waals surface area (Å²) in [6.45, 7) is 5.18. The van der Waals surface area contributed by atoms with E-state index in [1.807, 2.05) is 6.92 Å². The van der Waals surface area contributed by atoms with E-state index in [9.17, 15) is 9.59 Å². The van der Waals surface area contributed by atoms with E-state index in [-0.39, 0.29) is 17.3 Å². The molecule has 0 saturated carbocycles. The van der Waals surface area contributed by atoms with Gasteiger partial charge in [0.05, 0.1) is 36.4 Å². The van der Waals surface area contributed by atoms with Crippen LogP contribution in [0.3, 0.4) is 0 Å².